The minimum atomic E-state index is -4.68. The molecule has 2 aromatic rings. The van der Waals surface area contributed by atoms with Gasteiger partial charge in [-0.25, -0.2) is 9.37 Å². The fourth-order valence-corrected chi connectivity index (χ4v) is 5.49. The number of ether oxygens (including phenoxy) is 1. The second-order valence-electron chi connectivity index (χ2n) is 11.5. The van der Waals surface area contributed by atoms with Crippen LogP contribution in [0.15, 0.2) is 24.4 Å². The number of carbonyl (C=O) groups excluding carboxylic acids is 1. The zero-order valence-corrected chi connectivity index (χ0v) is 23.0. The molecule has 2 fully saturated rings. The van der Waals surface area contributed by atoms with Gasteiger partial charge in [0.25, 0.3) is 0 Å². The van der Waals surface area contributed by atoms with Crippen LogP contribution in [0, 0.1) is 5.82 Å². The number of likely N-dealkylation sites (tertiary alicyclic amines) is 2. The number of benzene rings is 1. The summed E-state index contributed by atoms with van der Waals surface area (Å²) >= 11 is 0. The lowest BCUT2D eigenvalue weighted by Crippen LogP contribution is -2.61. The van der Waals surface area contributed by atoms with Crippen molar-refractivity contribution in [3.8, 4) is 5.75 Å². The zero-order valence-electron chi connectivity index (χ0n) is 23.0. The molecule has 0 bridgehead atoms. The van der Waals surface area contributed by atoms with Gasteiger partial charge >= 0.3 is 6.18 Å². The van der Waals surface area contributed by atoms with E-state index in [0.29, 0.717) is 13.0 Å². The molecule has 1 aromatic heterocycles. The van der Waals surface area contributed by atoms with Crippen LogP contribution in [0.1, 0.15) is 58.9 Å². The van der Waals surface area contributed by atoms with Crippen LogP contribution < -0.4 is 15.4 Å². The molecule has 4 rings (SSSR count). The molecule has 2 saturated heterocycles. The lowest BCUT2D eigenvalue weighted by atomic mass is 9.77. The fourth-order valence-electron chi connectivity index (χ4n) is 5.49. The van der Waals surface area contributed by atoms with Gasteiger partial charge < -0.3 is 20.3 Å². The molecule has 39 heavy (non-hydrogen) atoms. The lowest BCUT2D eigenvalue weighted by molar-refractivity contribution is -0.139. The Morgan fingerprint density at radius 2 is 1.85 bits per heavy atom. The summed E-state index contributed by atoms with van der Waals surface area (Å²) in [6.45, 7) is 9.27. The topological polar surface area (TPSA) is 82.6 Å². The van der Waals surface area contributed by atoms with Gasteiger partial charge in [-0.2, -0.15) is 18.2 Å². The average Bonchev–Trinajstić information content (AvgIpc) is 3.24. The molecule has 2 aliphatic heterocycles. The first-order valence-corrected chi connectivity index (χ1v) is 13.1. The molecule has 0 aliphatic carbocycles. The quantitative estimate of drug-likeness (QED) is 0.422. The minimum absolute atomic E-state index is 0.0129. The summed E-state index contributed by atoms with van der Waals surface area (Å²) in [6.07, 6.45) is -0.997. The van der Waals surface area contributed by atoms with Gasteiger partial charge in [-0.3, -0.25) is 9.69 Å². The molecule has 3 heterocycles. The predicted octanol–water partition coefficient (Wildman–Crippen LogP) is 5.44. The highest BCUT2D eigenvalue weighted by atomic mass is 19.4. The van der Waals surface area contributed by atoms with Gasteiger partial charge in [0.2, 0.25) is 11.9 Å². The van der Waals surface area contributed by atoms with E-state index in [1.165, 1.54) is 12.1 Å². The van der Waals surface area contributed by atoms with Crippen molar-refractivity contribution in [1.29, 1.82) is 0 Å². The second-order valence-corrected chi connectivity index (χ2v) is 11.5. The maximum absolute atomic E-state index is 14.6. The molecule has 0 saturated carbocycles. The molecular formula is C27H36F4N6O2. The highest BCUT2D eigenvalue weighted by Crippen LogP contribution is 2.39. The first-order valence-electron chi connectivity index (χ1n) is 13.1. The summed E-state index contributed by atoms with van der Waals surface area (Å²) in [5.41, 5.74) is -1.17. The number of amides is 1. The summed E-state index contributed by atoms with van der Waals surface area (Å²) in [4.78, 5) is 23.7. The van der Waals surface area contributed by atoms with Crippen LogP contribution in [0.5, 0.6) is 5.75 Å². The van der Waals surface area contributed by atoms with Crippen molar-refractivity contribution in [3.63, 3.8) is 0 Å². The maximum Gasteiger partial charge on any atom is 0.420 e. The summed E-state index contributed by atoms with van der Waals surface area (Å²) in [5, 5.41) is 5.93. The number of anilines is 3. The van der Waals surface area contributed by atoms with Crippen LogP contribution in [0.4, 0.5) is 35.0 Å². The van der Waals surface area contributed by atoms with Gasteiger partial charge in [0.1, 0.15) is 12.4 Å². The van der Waals surface area contributed by atoms with Gasteiger partial charge in [0, 0.05) is 35.8 Å². The summed E-state index contributed by atoms with van der Waals surface area (Å²) < 4.78 is 61.5. The van der Waals surface area contributed by atoms with Crippen molar-refractivity contribution in [3.05, 3.63) is 35.8 Å². The van der Waals surface area contributed by atoms with Crippen molar-refractivity contribution >= 4 is 23.4 Å². The molecular weight excluding hydrogens is 516 g/mol. The zero-order chi connectivity index (χ0) is 28.6. The number of alkyl halides is 3. The summed E-state index contributed by atoms with van der Waals surface area (Å²) in [5.74, 6) is -1.06. The van der Waals surface area contributed by atoms with Crippen molar-refractivity contribution in [2.75, 3.05) is 37.4 Å². The van der Waals surface area contributed by atoms with Crippen LogP contribution in [0.3, 0.4) is 0 Å². The number of carbonyl (C=O) groups is 1. The number of nitrogens with one attached hydrogen (secondary N) is 2. The summed E-state index contributed by atoms with van der Waals surface area (Å²) in [7, 11) is 2.07. The van der Waals surface area contributed by atoms with E-state index in [2.05, 4.69) is 60.2 Å². The van der Waals surface area contributed by atoms with E-state index >= 15 is 0 Å². The Morgan fingerprint density at radius 3 is 2.46 bits per heavy atom. The fraction of sp³-hybridized carbons (Fsp3) is 0.593. The molecule has 0 spiro atoms. The van der Waals surface area contributed by atoms with E-state index in [9.17, 15) is 22.4 Å². The Labute approximate surface area is 226 Å². The first-order chi connectivity index (χ1) is 18.2. The van der Waals surface area contributed by atoms with Gasteiger partial charge in [-0.1, -0.05) is 0 Å². The van der Waals surface area contributed by atoms with Gasteiger partial charge in [0.05, 0.1) is 18.3 Å². The predicted molar refractivity (Wildman–Crippen MR) is 141 cm³/mol. The van der Waals surface area contributed by atoms with E-state index in [1.807, 2.05) is 0 Å². The van der Waals surface area contributed by atoms with E-state index in [0.717, 1.165) is 31.5 Å². The van der Waals surface area contributed by atoms with Gasteiger partial charge in [-0.05, 0) is 72.2 Å². The SMILES string of the molecule is CN1C(C)(C)CC(Nc2nc(Nc3ccc(OCCN4CCCC4=O)c(C(F)(F)F)c3)ncc2F)CC1(C)C. The Morgan fingerprint density at radius 1 is 1.15 bits per heavy atom. The van der Waals surface area contributed by atoms with E-state index in [-0.39, 0.29) is 59.4 Å². The number of rotatable bonds is 8. The molecule has 2 aliphatic rings. The second kappa shape index (κ2) is 10.8. The number of aromatic nitrogens is 2. The largest absolute Gasteiger partial charge is 0.491 e. The van der Waals surface area contributed by atoms with E-state index in [1.54, 1.807) is 4.90 Å². The van der Waals surface area contributed by atoms with E-state index < -0.39 is 17.6 Å². The van der Waals surface area contributed by atoms with Crippen LogP contribution in [-0.4, -0.2) is 69.5 Å². The normalized spacial score (nSPS) is 19.8. The number of nitrogens with zero attached hydrogens (tertiary/aromatic N) is 4. The number of hydrogen-bond acceptors (Lipinski definition) is 7. The van der Waals surface area contributed by atoms with Crippen molar-refractivity contribution in [2.45, 2.75) is 76.7 Å². The maximum atomic E-state index is 14.6. The Hall–Kier alpha value is -3.15. The standard InChI is InChI=1S/C27H36F4N6O2/c1-25(2)14-18(15-26(3,4)36(25)5)33-23-20(28)16-32-24(35-23)34-17-8-9-21(19(13-17)27(29,30)31)39-12-11-37-10-6-7-22(37)38/h8-9,13,16,18H,6-7,10-12,14-15H2,1-5H3,(H2,32,33,34,35). The number of piperidine rings is 1. The van der Waals surface area contributed by atoms with Crippen LogP contribution >= 0.6 is 0 Å². The third-order valence-electron chi connectivity index (χ3n) is 7.72. The third kappa shape index (κ3) is 6.71. The van der Waals surface area contributed by atoms with Crippen molar-refractivity contribution < 1.29 is 27.1 Å². The number of halogens is 4. The summed E-state index contributed by atoms with van der Waals surface area (Å²) in [6, 6.07) is 3.46. The molecule has 12 heteroatoms. The Kier molecular flexibility index (Phi) is 7.98. The molecule has 2 N–H and O–H groups in total. The van der Waals surface area contributed by atoms with Crippen LogP contribution in [0.2, 0.25) is 0 Å². The average molecular weight is 553 g/mol. The monoisotopic (exact) mass is 552 g/mol. The molecule has 214 valence electrons. The van der Waals surface area contributed by atoms with Gasteiger partial charge in [0.15, 0.2) is 11.6 Å². The molecule has 1 aromatic carbocycles. The highest BCUT2D eigenvalue weighted by molar-refractivity contribution is 5.78. The molecule has 8 nitrogen and oxygen atoms in total. The highest BCUT2D eigenvalue weighted by Gasteiger charge is 2.43. The van der Waals surface area contributed by atoms with Crippen LogP contribution in [0.25, 0.3) is 0 Å². The molecule has 0 radical (unpaired) electrons. The van der Waals surface area contributed by atoms with E-state index in [4.69, 9.17) is 4.74 Å². The Balaban J connectivity index is 1.47. The van der Waals surface area contributed by atoms with Crippen LogP contribution in [-0.2, 0) is 11.0 Å². The first kappa shape index (κ1) is 28.8. The van der Waals surface area contributed by atoms with Crippen molar-refractivity contribution in [1.82, 2.24) is 19.8 Å². The van der Waals surface area contributed by atoms with Gasteiger partial charge in [-0.15, -0.1) is 0 Å². The Bertz CT molecular complexity index is 1190. The minimum Gasteiger partial charge on any atom is -0.491 e. The smallest absolute Gasteiger partial charge is 0.420 e. The molecule has 1 amide bonds. The number of hydrogen-bond donors (Lipinski definition) is 2. The lowest BCUT2D eigenvalue weighted by Gasteiger charge is -2.53. The van der Waals surface area contributed by atoms with Crippen molar-refractivity contribution in [2.24, 2.45) is 0 Å². The molecule has 0 atom stereocenters. The third-order valence-corrected chi connectivity index (χ3v) is 7.72. The molecule has 0 unspecified atom stereocenters.